The molecule has 1 heterocycles. The summed E-state index contributed by atoms with van der Waals surface area (Å²) in [5.41, 5.74) is 5.55. The normalized spacial score (nSPS) is 14.0. The predicted octanol–water partition coefficient (Wildman–Crippen LogP) is 0.814. The monoisotopic (exact) mass is 199 g/mol. The maximum absolute atomic E-state index is 10.5. The van der Waals surface area contributed by atoms with Gasteiger partial charge in [0.05, 0.1) is 6.04 Å². The molecule has 0 spiro atoms. The van der Waals surface area contributed by atoms with Gasteiger partial charge in [-0.3, -0.25) is 0 Å². The molecule has 0 saturated carbocycles. The Morgan fingerprint density at radius 1 is 1.57 bits per heavy atom. The lowest BCUT2D eigenvalue weighted by Crippen LogP contribution is -2.26. The van der Waals surface area contributed by atoms with E-state index < -0.39 is 12.0 Å². The van der Waals surface area contributed by atoms with Gasteiger partial charge in [-0.2, -0.15) is 4.98 Å². The Balaban J connectivity index is 2.92. The molecule has 0 fully saturated rings. The molecule has 6 heteroatoms. The second-order valence-corrected chi connectivity index (χ2v) is 4.11. The summed E-state index contributed by atoms with van der Waals surface area (Å²) in [4.78, 5) is 14.1. The van der Waals surface area contributed by atoms with Crippen molar-refractivity contribution < 1.29 is 14.4 Å². The molecular formula is C8H13N3O3. The van der Waals surface area contributed by atoms with Crippen LogP contribution in [-0.2, 0) is 0 Å². The molecule has 6 nitrogen and oxygen atoms in total. The van der Waals surface area contributed by atoms with E-state index in [0.717, 1.165) is 0 Å². The Bertz CT molecular complexity index is 340. The molecule has 0 saturated heterocycles. The minimum absolute atomic E-state index is 0.148. The first kappa shape index (κ1) is 10.6. The van der Waals surface area contributed by atoms with E-state index in [1.54, 1.807) is 0 Å². The fourth-order valence-corrected chi connectivity index (χ4v) is 0.819. The maximum atomic E-state index is 10.5. The molecule has 1 rings (SSSR count). The van der Waals surface area contributed by atoms with E-state index in [-0.39, 0.29) is 17.1 Å². The Kier molecular flexibility index (Phi) is 2.57. The first-order chi connectivity index (χ1) is 6.32. The summed E-state index contributed by atoms with van der Waals surface area (Å²) in [7, 11) is 0. The zero-order valence-electron chi connectivity index (χ0n) is 8.31. The van der Waals surface area contributed by atoms with E-state index >= 15 is 0 Å². The molecule has 78 valence electrons. The van der Waals surface area contributed by atoms with Crippen LogP contribution in [0.1, 0.15) is 43.3 Å². The lowest BCUT2D eigenvalue weighted by Gasteiger charge is -2.23. The number of rotatable bonds is 2. The third kappa shape index (κ3) is 2.08. The van der Waals surface area contributed by atoms with Gasteiger partial charge in [-0.25, -0.2) is 4.79 Å². The fraction of sp³-hybridized carbons (Fsp3) is 0.625. The summed E-state index contributed by atoms with van der Waals surface area (Å²) in [5, 5.41) is 11.8. The van der Waals surface area contributed by atoms with Crippen molar-refractivity contribution in [1.29, 1.82) is 0 Å². The third-order valence-corrected chi connectivity index (χ3v) is 1.83. The van der Waals surface area contributed by atoms with Crippen LogP contribution in [0.4, 0.5) is 0 Å². The van der Waals surface area contributed by atoms with Crippen LogP contribution in [0.15, 0.2) is 4.52 Å². The molecule has 0 amide bonds. The first-order valence-corrected chi connectivity index (χ1v) is 4.15. The highest BCUT2D eigenvalue weighted by Crippen LogP contribution is 2.28. The highest BCUT2D eigenvalue weighted by atomic mass is 16.5. The molecule has 3 N–H and O–H groups in total. The predicted molar refractivity (Wildman–Crippen MR) is 47.6 cm³/mol. The number of hydrogen-bond donors (Lipinski definition) is 2. The van der Waals surface area contributed by atoms with Crippen LogP contribution >= 0.6 is 0 Å². The highest BCUT2D eigenvalue weighted by molar-refractivity contribution is 5.82. The van der Waals surface area contributed by atoms with Crippen molar-refractivity contribution in [3.05, 3.63) is 11.7 Å². The quantitative estimate of drug-likeness (QED) is 0.730. The zero-order valence-corrected chi connectivity index (χ0v) is 8.31. The molecule has 0 aliphatic carbocycles. The Morgan fingerprint density at radius 3 is 2.50 bits per heavy atom. The number of carbonyl (C=O) groups is 1. The second kappa shape index (κ2) is 3.38. The molecule has 0 aliphatic rings. The van der Waals surface area contributed by atoms with E-state index in [4.69, 9.17) is 15.4 Å². The standard InChI is InChI=1S/C8H13N3O3/c1-8(2,3)4(9)6-10-5(7(12)13)11-14-6/h4H,9H2,1-3H3,(H,12,13)/t4-/m0/s1. The van der Waals surface area contributed by atoms with Crippen LogP contribution < -0.4 is 5.73 Å². The van der Waals surface area contributed by atoms with Gasteiger partial charge in [0.2, 0.25) is 5.89 Å². The van der Waals surface area contributed by atoms with Crippen molar-refractivity contribution >= 4 is 5.97 Å². The second-order valence-electron chi connectivity index (χ2n) is 4.11. The molecule has 0 aromatic carbocycles. The van der Waals surface area contributed by atoms with Crippen molar-refractivity contribution in [1.82, 2.24) is 10.1 Å². The molecule has 0 bridgehead atoms. The smallest absolute Gasteiger partial charge is 0.377 e. The van der Waals surface area contributed by atoms with E-state index in [1.165, 1.54) is 0 Å². The van der Waals surface area contributed by atoms with Crippen LogP contribution in [0, 0.1) is 5.41 Å². The van der Waals surface area contributed by atoms with Gasteiger partial charge < -0.3 is 15.4 Å². The third-order valence-electron chi connectivity index (χ3n) is 1.83. The van der Waals surface area contributed by atoms with Crippen molar-refractivity contribution in [2.24, 2.45) is 11.1 Å². The molecule has 0 unspecified atom stereocenters. The Labute approximate surface area is 81.1 Å². The summed E-state index contributed by atoms with van der Waals surface area (Å²) in [6.07, 6.45) is 0. The summed E-state index contributed by atoms with van der Waals surface area (Å²) < 4.78 is 4.75. The molecular weight excluding hydrogens is 186 g/mol. The number of carboxylic acid groups (broad SMARTS) is 1. The van der Waals surface area contributed by atoms with Gasteiger partial charge in [-0.05, 0) is 10.6 Å². The van der Waals surface area contributed by atoms with Crippen LogP contribution in [0.5, 0.6) is 0 Å². The van der Waals surface area contributed by atoms with Gasteiger partial charge in [-0.15, -0.1) is 0 Å². The van der Waals surface area contributed by atoms with Crippen LogP contribution in [-0.4, -0.2) is 21.2 Å². The fourth-order valence-electron chi connectivity index (χ4n) is 0.819. The average Bonchev–Trinajstić information content (AvgIpc) is 2.48. The first-order valence-electron chi connectivity index (χ1n) is 4.15. The number of aromatic nitrogens is 2. The summed E-state index contributed by atoms with van der Waals surface area (Å²) in [5.74, 6) is -1.43. The number of aromatic carboxylic acids is 1. The molecule has 1 atom stereocenters. The number of hydrogen-bond acceptors (Lipinski definition) is 5. The van der Waals surface area contributed by atoms with E-state index in [1.807, 2.05) is 20.8 Å². The summed E-state index contributed by atoms with van der Waals surface area (Å²) >= 11 is 0. The molecule has 14 heavy (non-hydrogen) atoms. The van der Waals surface area contributed by atoms with Crippen molar-refractivity contribution in [3.63, 3.8) is 0 Å². The van der Waals surface area contributed by atoms with Crippen molar-refractivity contribution in [2.75, 3.05) is 0 Å². The zero-order chi connectivity index (χ0) is 10.9. The highest BCUT2D eigenvalue weighted by Gasteiger charge is 2.28. The SMILES string of the molecule is CC(C)(C)[C@@H](N)c1nc(C(=O)O)no1. The van der Waals surface area contributed by atoms with Crippen LogP contribution in [0.3, 0.4) is 0 Å². The average molecular weight is 199 g/mol. The van der Waals surface area contributed by atoms with E-state index in [2.05, 4.69) is 10.1 Å². The molecule has 0 radical (unpaired) electrons. The van der Waals surface area contributed by atoms with Gasteiger partial charge in [0.25, 0.3) is 5.82 Å². The molecule has 1 aromatic rings. The Morgan fingerprint density at radius 2 is 2.14 bits per heavy atom. The summed E-state index contributed by atoms with van der Waals surface area (Å²) in [6.45, 7) is 5.72. The van der Waals surface area contributed by atoms with Crippen molar-refractivity contribution in [3.8, 4) is 0 Å². The lowest BCUT2D eigenvalue weighted by molar-refractivity contribution is 0.0680. The molecule has 1 aromatic heterocycles. The van der Waals surface area contributed by atoms with Gasteiger partial charge in [0, 0.05) is 0 Å². The largest absolute Gasteiger partial charge is 0.475 e. The Hall–Kier alpha value is -1.43. The number of carboxylic acids is 1. The van der Waals surface area contributed by atoms with E-state index in [9.17, 15) is 4.79 Å². The van der Waals surface area contributed by atoms with Crippen LogP contribution in [0.25, 0.3) is 0 Å². The van der Waals surface area contributed by atoms with Gasteiger partial charge in [-0.1, -0.05) is 20.8 Å². The minimum atomic E-state index is -1.22. The van der Waals surface area contributed by atoms with Crippen molar-refractivity contribution in [2.45, 2.75) is 26.8 Å². The summed E-state index contributed by atoms with van der Waals surface area (Å²) in [6, 6.07) is -0.469. The van der Waals surface area contributed by atoms with Crippen LogP contribution in [0.2, 0.25) is 0 Å². The van der Waals surface area contributed by atoms with Gasteiger partial charge in [0.1, 0.15) is 0 Å². The topological polar surface area (TPSA) is 102 Å². The number of nitrogens with zero attached hydrogens (tertiary/aromatic N) is 2. The van der Waals surface area contributed by atoms with Gasteiger partial charge >= 0.3 is 5.97 Å². The molecule has 0 aliphatic heterocycles. The number of nitrogens with two attached hydrogens (primary N) is 1. The minimum Gasteiger partial charge on any atom is -0.475 e. The van der Waals surface area contributed by atoms with Gasteiger partial charge in [0.15, 0.2) is 0 Å². The maximum Gasteiger partial charge on any atom is 0.377 e. The lowest BCUT2D eigenvalue weighted by atomic mass is 9.87. The van der Waals surface area contributed by atoms with E-state index in [0.29, 0.717) is 0 Å².